The molecule has 3 atom stereocenters. The van der Waals surface area contributed by atoms with Crippen LogP contribution in [0.3, 0.4) is 0 Å². The van der Waals surface area contributed by atoms with E-state index in [0.717, 1.165) is 15.1 Å². The third-order valence-electron chi connectivity index (χ3n) is 4.32. The number of rotatable bonds is 3. The molecule has 0 spiro atoms. The highest BCUT2D eigenvalue weighted by molar-refractivity contribution is 9.11. The predicted molar refractivity (Wildman–Crippen MR) is 104 cm³/mol. The number of carbonyl (C=O) groups excluding carboxylic acids is 1. The summed E-state index contributed by atoms with van der Waals surface area (Å²) in [6.07, 6.45) is 6.87. The molecule has 0 bridgehead atoms. The van der Waals surface area contributed by atoms with Crippen LogP contribution in [0.5, 0.6) is 0 Å². The molecule has 7 heteroatoms. The molecule has 0 saturated heterocycles. The van der Waals surface area contributed by atoms with Crippen LogP contribution in [-0.4, -0.2) is 17.1 Å². The van der Waals surface area contributed by atoms with Crippen LogP contribution in [0.4, 0.5) is 0 Å². The molecule has 1 fully saturated rings. The fourth-order valence-corrected chi connectivity index (χ4v) is 4.25. The fraction of sp³-hybridized carbons (Fsp3) is 0.500. The summed E-state index contributed by atoms with van der Waals surface area (Å²) in [4.78, 5) is 12.8. The van der Waals surface area contributed by atoms with Crippen molar-refractivity contribution in [2.24, 2.45) is 11.8 Å². The van der Waals surface area contributed by atoms with Crippen molar-refractivity contribution < 1.29 is 4.79 Å². The van der Waals surface area contributed by atoms with Crippen molar-refractivity contribution in [2.45, 2.75) is 39.2 Å². The first-order valence-corrected chi connectivity index (χ1v) is 9.77. The van der Waals surface area contributed by atoms with Gasteiger partial charge in [0.05, 0.1) is 3.79 Å². The number of halogens is 1. The molecule has 0 radical (unpaired) electrons. The van der Waals surface area contributed by atoms with Gasteiger partial charge in [-0.15, -0.1) is 11.3 Å². The highest BCUT2D eigenvalue weighted by Gasteiger charge is 2.27. The van der Waals surface area contributed by atoms with E-state index in [9.17, 15) is 4.79 Å². The van der Waals surface area contributed by atoms with Gasteiger partial charge in [0.25, 0.3) is 5.91 Å². The van der Waals surface area contributed by atoms with Gasteiger partial charge in [0.2, 0.25) is 0 Å². The summed E-state index contributed by atoms with van der Waals surface area (Å²) in [5.74, 6) is 1.05. The predicted octanol–water partition coefficient (Wildman–Crippen LogP) is 3.84. The standard InChI is InChI=1S/C16H22BrN3OS2/c1-10-4-3-5-13(11(10)2)18-16(22)20-19-15(21)9-7-12-6-8-14(17)23-12/h6-11,13H,3-5H2,1-2H3,(H,19,21)(H2,18,20,22)/b9-7+/t10-,11-,13-/m1/s1. The normalized spacial score (nSPS) is 24.4. The second-order valence-corrected chi connectivity index (χ2v) is 8.84. The molecule has 0 aliphatic heterocycles. The average molecular weight is 416 g/mol. The number of hydrazine groups is 1. The quantitative estimate of drug-likeness (QED) is 0.398. The maximum Gasteiger partial charge on any atom is 0.262 e. The first-order valence-electron chi connectivity index (χ1n) is 7.75. The van der Waals surface area contributed by atoms with Crippen LogP contribution in [0.2, 0.25) is 0 Å². The van der Waals surface area contributed by atoms with Crippen LogP contribution >= 0.6 is 39.5 Å². The first kappa shape index (κ1) is 18.4. The van der Waals surface area contributed by atoms with E-state index in [4.69, 9.17) is 12.2 Å². The van der Waals surface area contributed by atoms with Gasteiger partial charge in [0, 0.05) is 17.0 Å². The summed E-state index contributed by atoms with van der Waals surface area (Å²) in [6, 6.07) is 4.27. The van der Waals surface area contributed by atoms with E-state index in [1.807, 2.05) is 12.1 Å². The van der Waals surface area contributed by atoms with Gasteiger partial charge in [-0.2, -0.15) is 0 Å². The van der Waals surface area contributed by atoms with Crippen molar-refractivity contribution in [2.75, 3.05) is 0 Å². The van der Waals surface area contributed by atoms with Crippen LogP contribution in [0, 0.1) is 11.8 Å². The van der Waals surface area contributed by atoms with Crippen molar-refractivity contribution in [3.63, 3.8) is 0 Å². The highest BCUT2D eigenvalue weighted by atomic mass is 79.9. The van der Waals surface area contributed by atoms with Gasteiger partial charge in [-0.25, -0.2) is 0 Å². The maximum absolute atomic E-state index is 11.8. The summed E-state index contributed by atoms with van der Waals surface area (Å²) in [6.45, 7) is 4.54. The fourth-order valence-electron chi connectivity index (χ4n) is 2.73. The first-order chi connectivity index (χ1) is 11.0. The Balaban J connectivity index is 1.73. The van der Waals surface area contributed by atoms with E-state index < -0.39 is 0 Å². The lowest BCUT2D eigenvalue weighted by Gasteiger charge is -2.35. The average Bonchev–Trinajstić information content (AvgIpc) is 2.93. The summed E-state index contributed by atoms with van der Waals surface area (Å²) in [7, 11) is 0. The van der Waals surface area contributed by atoms with Crippen molar-refractivity contribution in [1.29, 1.82) is 0 Å². The van der Waals surface area contributed by atoms with Gasteiger partial charge in [-0.3, -0.25) is 15.6 Å². The number of amides is 1. The number of nitrogens with one attached hydrogen (secondary N) is 3. The molecule has 126 valence electrons. The molecule has 3 N–H and O–H groups in total. The Hall–Kier alpha value is -0.920. The number of hydrogen-bond acceptors (Lipinski definition) is 3. The third kappa shape index (κ3) is 5.90. The van der Waals surface area contributed by atoms with E-state index in [-0.39, 0.29) is 5.91 Å². The summed E-state index contributed by atoms with van der Waals surface area (Å²) >= 11 is 10.2. The summed E-state index contributed by atoms with van der Waals surface area (Å²) < 4.78 is 1.04. The van der Waals surface area contributed by atoms with Gasteiger partial charge in [0.15, 0.2) is 5.11 Å². The van der Waals surface area contributed by atoms with Crippen molar-refractivity contribution in [3.05, 3.63) is 26.9 Å². The maximum atomic E-state index is 11.8. The Morgan fingerprint density at radius 2 is 2.13 bits per heavy atom. The van der Waals surface area contributed by atoms with Crippen LogP contribution in [0.15, 0.2) is 22.0 Å². The Kier molecular flexibility index (Phi) is 7.05. The Labute approximate surface area is 155 Å². The molecule has 1 heterocycles. The minimum Gasteiger partial charge on any atom is -0.358 e. The third-order valence-corrected chi connectivity index (χ3v) is 6.12. The molecule has 1 aliphatic rings. The van der Waals surface area contributed by atoms with Gasteiger partial charge in [-0.05, 0) is 64.6 Å². The molecule has 1 aromatic heterocycles. The van der Waals surface area contributed by atoms with Crippen molar-refractivity contribution >= 4 is 56.6 Å². The number of carbonyl (C=O) groups is 1. The second-order valence-electron chi connectivity index (χ2n) is 5.94. The summed E-state index contributed by atoms with van der Waals surface area (Å²) in [5.41, 5.74) is 5.36. The number of thiocarbonyl (C=S) groups is 1. The molecule has 1 aliphatic carbocycles. The minimum absolute atomic E-state index is 0.233. The molecule has 4 nitrogen and oxygen atoms in total. The van der Waals surface area contributed by atoms with E-state index in [1.54, 1.807) is 17.4 Å². The molecule has 1 aromatic rings. The Morgan fingerprint density at radius 3 is 2.83 bits per heavy atom. The minimum atomic E-state index is -0.233. The van der Waals surface area contributed by atoms with Crippen LogP contribution in [0.1, 0.15) is 38.0 Å². The van der Waals surface area contributed by atoms with Crippen molar-refractivity contribution in [3.8, 4) is 0 Å². The molecule has 0 aromatic carbocycles. The lowest BCUT2D eigenvalue weighted by Crippen LogP contribution is -2.52. The van der Waals surface area contributed by atoms with Gasteiger partial charge < -0.3 is 5.32 Å². The van der Waals surface area contributed by atoms with Gasteiger partial charge >= 0.3 is 0 Å². The van der Waals surface area contributed by atoms with E-state index >= 15 is 0 Å². The number of thiophene rings is 1. The van der Waals surface area contributed by atoms with Crippen LogP contribution < -0.4 is 16.2 Å². The van der Waals surface area contributed by atoms with Crippen LogP contribution in [-0.2, 0) is 4.79 Å². The Morgan fingerprint density at radius 1 is 1.35 bits per heavy atom. The molecular weight excluding hydrogens is 394 g/mol. The smallest absolute Gasteiger partial charge is 0.262 e. The largest absolute Gasteiger partial charge is 0.358 e. The molecular formula is C16H22BrN3OS2. The Bertz CT molecular complexity index is 588. The van der Waals surface area contributed by atoms with E-state index in [0.29, 0.717) is 23.0 Å². The lowest BCUT2D eigenvalue weighted by molar-refractivity contribution is -0.116. The molecule has 23 heavy (non-hydrogen) atoms. The highest BCUT2D eigenvalue weighted by Crippen LogP contribution is 2.29. The zero-order valence-corrected chi connectivity index (χ0v) is 16.5. The lowest BCUT2D eigenvalue weighted by atomic mass is 9.78. The van der Waals surface area contributed by atoms with E-state index in [1.165, 1.54) is 18.9 Å². The molecule has 0 unspecified atom stereocenters. The molecule has 2 rings (SSSR count). The molecule has 1 amide bonds. The topological polar surface area (TPSA) is 53.2 Å². The van der Waals surface area contributed by atoms with Gasteiger partial charge in [0.1, 0.15) is 0 Å². The van der Waals surface area contributed by atoms with Crippen LogP contribution in [0.25, 0.3) is 6.08 Å². The summed E-state index contributed by atoms with van der Waals surface area (Å²) in [5, 5.41) is 3.78. The SMILES string of the molecule is C[C@@H]1[C@H](C)CCC[C@H]1NC(=S)NNC(=O)/C=C/c1ccc(Br)s1. The zero-order valence-electron chi connectivity index (χ0n) is 13.3. The zero-order chi connectivity index (χ0) is 16.8. The van der Waals surface area contributed by atoms with Gasteiger partial charge in [-0.1, -0.05) is 26.7 Å². The van der Waals surface area contributed by atoms with E-state index in [2.05, 4.69) is 45.9 Å². The number of hydrogen-bond donors (Lipinski definition) is 3. The monoisotopic (exact) mass is 415 g/mol. The van der Waals surface area contributed by atoms with Crippen molar-refractivity contribution in [1.82, 2.24) is 16.2 Å². The second kappa shape index (κ2) is 8.80. The molecule has 1 saturated carbocycles.